The first-order chi connectivity index (χ1) is 16.5. The number of rotatable bonds is 5. The van der Waals surface area contributed by atoms with Crippen LogP contribution >= 0.6 is 0 Å². The van der Waals surface area contributed by atoms with Gasteiger partial charge < -0.3 is 4.90 Å². The molecule has 8 heteroatoms. The second-order valence-electron chi connectivity index (χ2n) is 8.81. The molecule has 5 rings (SSSR count). The van der Waals surface area contributed by atoms with Gasteiger partial charge in [-0.1, -0.05) is 30.3 Å². The average Bonchev–Trinajstić information content (AvgIpc) is 2.89. The molecule has 2 aliphatic rings. The molecule has 3 aromatic rings. The van der Waals surface area contributed by atoms with E-state index in [1.165, 1.54) is 21.5 Å². The molecule has 0 N–H and O–H groups in total. The Kier molecular flexibility index (Phi) is 6.45. The number of fused-ring (bicyclic) bond motifs is 1. The van der Waals surface area contributed by atoms with Crippen LogP contribution in [0.5, 0.6) is 0 Å². The van der Waals surface area contributed by atoms with Crippen LogP contribution in [-0.2, 0) is 29.5 Å². The van der Waals surface area contributed by atoms with Crippen molar-refractivity contribution < 1.29 is 13.2 Å². The van der Waals surface area contributed by atoms with Gasteiger partial charge in [-0.2, -0.15) is 4.31 Å². The minimum atomic E-state index is -3.69. The van der Waals surface area contributed by atoms with Gasteiger partial charge in [-0.3, -0.25) is 14.7 Å². The Morgan fingerprint density at radius 2 is 1.59 bits per heavy atom. The van der Waals surface area contributed by atoms with Gasteiger partial charge in [0.1, 0.15) is 0 Å². The monoisotopic (exact) mass is 476 g/mol. The highest BCUT2D eigenvalue weighted by atomic mass is 32.2. The van der Waals surface area contributed by atoms with E-state index < -0.39 is 10.0 Å². The zero-order valence-corrected chi connectivity index (χ0v) is 19.8. The smallest absolute Gasteiger partial charge is 0.253 e. The molecule has 176 valence electrons. The molecule has 1 saturated heterocycles. The molecule has 7 nitrogen and oxygen atoms in total. The number of aromatic nitrogens is 1. The number of pyridine rings is 1. The van der Waals surface area contributed by atoms with E-state index in [1.807, 2.05) is 35.2 Å². The predicted molar refractivity (Wildman–Crippen MR) is 130 cm³/mol. The molecule has 1 fully saturated rings. The highest BCUT2D eigenvalue weighted by molar-refractivity contribution is 7.89. The fraction of sp³-hybridized carbons (Fsp3) is 0.308. The maximum Gasteiger partial charge on any atom is 0.253 e. The number of carbonyl (C=O) groups is 1. The summed E-state index contributed by atoms with van der Waals surface area (Å²) in [5.41, 5.74) is 3.85. The van der Waals surface area contributed by atoms with Gasteiger partial charge >= 0.3 is 0 Å². The van der Waals surface area contributed by atoms with E-state index in [-0.39, 0.29) is 10.8 Å². The van der Waals surface area contributed by atoms with Crippen LogP contribution in [0.1, 0.15) is 27.0 Å². The van der Waals surface area contributed by atoms with Crippen molar-refractivity contribution >= 4 is 15.9 Å². The van der Waals surface area contributed by atoms with Crippen LogP contribution in [0.25, 0.3) is 0 Å². The first kappa shape index (κ1) is 22.7. The highest BCUT2D eigenvalue weighted by Gasteiger charge is 2.29. The molecule has 0 atom stereocenters. The molecule has 0 radical (unpaired) electrons. The fourth-order valence-electron chi connectivity index (χ4n) is 4.65. The van der Waals surface area contributed by atoms with Gasteiger partial charge in [0.2, 0.25) is 10.0 Å². The summed E-state index contributed by atoms with van der Waals surface area (Å²) in [6.07, 6.45) is 4.27. The van der Waals surface area contributed by atoms with Crippen molar-refractivity contribution in [2.45, 2.75) is 24.4 Å². The van der Waals surface area contributed by atoms with Gasteiger partial charge in [0.05, 0.1) is 4.90 Å². The van der Waals surface area contributed by atoms with E-state index in [0.717, 1.165) is 25.2 Å². The Morgan fingerprint density at radius 1 is 0.853 bits per heavy atom. The molecule has 2 aliphatic heterocycles. The van der Waals surface area contributed by atoms with E-state index in [1.54, 1.807) is 30.6 Å². The summed E-state index contributed by atoms with van der Waals surface area (Å²) < 4.78 is 28.2. The Balaban J connectivity index is 1.25. The quantitative estimate of drug-likeness (QED) is 0.566. The molecule has 0 saturated carbocycles. The third-order valence-electron chi connectivity index (χ3n) is 6.63. The second kappa shape index (κ2) is 9.66. The van der Waals surface area contributed by atoms with Gasteiger partial charge in [-0.05, 0) is 53.4 Å². The first-order valence-corrected chi connectivity index (χ1v) is 13.0. The molecule has 34 heavy (non-hydrogen) atoms. The van der Waals surface area contributed by atoms with E-state index in [4.69, 9.17) is 0 Å². The van der Waals surface area contributed by atoms with Crippen LogP contribution in [0, 0.1) is 0 Å². The van der Waals surface area contributed by atoms with Crippen LogP contribution < -0.4 is 0 Å². The van der Waals surface area contributed by atoms with E-state index in [2.05, 4.69) is 16.0 Å². The molecule has 1 aromatic heterocycles. The van der Waals surface area contributed by atoms with Gasteiger partial charge in [0.25, 0.3) is 5.91 Å². The third kappa shape index (κ3) is 4.75. The normalized spacial score (nSPS) is 17.4. The van der Waals surface area contributed by atoms with Crippen LogP contribution in [0.3, 0.4) is 0 Å². The predicted octanol–water partition coefficient (Wildman–Crippen LogP) is 2.79. The number of benzene rings is 2. The number of sulfonamides is 1. The van der Waals surface area contributed by atoms with Gasteiger partial charge in [0, 0.05) is 63.8 Å². The highest BCUT2D eigenvalue weighted by Crippen LogP contribution is 2.25. The largest absolute Gasteiger partial charge is 0.336 e. The van der Waals surface area contributed by atoms with Crippen molar-refractivity contribution in [3.8, 4) is 0 Å². The third-order valence-corrected chi connectivity index (χ3v) is 8.47. The summed E-state index contributed by atoms with van der Waals surface area (Å²) in [4.78, 5) is 21.5. The Morgan fingerprint density at radius 3 is 2.35 bits per heavy atom. The van der Waals surface area contributed by atoms with Gasteiger partial charge in [-0.25, -0.2) is 8.42 Å². The lowest BCUT2D eigenvalue weighted by molar-refractivity contribution is 0.0628. The second-order valence-corrected chi connectivity index (χ2v) is 10.7. The summed E-state index contributed by atoms with van der Waals surface area (Å²) in [5.74, 6) is -0.121. The van der Waals surface area contributed by atoms with Crippen LogP contribution in [0.4, 0.5) is 0 Å². The Labute approximate surface area is 200 Å². The van der Waals surface area contributed by atoms with Crippen molar-refractivity contribution in [3.05, 3.63) is 95.3 Å². The Hall–Kier alpha value is -3.07. The maximum atomic E-state index is 13.4. The van der Waals surface area contributed by atoms with Crippen LogP contribution in [-0.4, -0.2) is 66.1 Å². The SMILES string of the molecule is O=C(c1cccc(S(=O)(=O)N2CCc3ccccc3C2)c1)N1CCN(Cc2ccncc2)CC1. The van der Waals surface area contributed by atoms with Crippen LogP contribution in [0.15, 0.2) is 78.0 Å². The molecule has 0 bridgehead atoms. The molecule has 0 aliphatic carbocycles. The van der Waals surface area contributed by atoms with Crippen molar-refractivity contribution in [2.75, 3.05) is 32.7 Å². The molecular weight excluding hydrogens is 448 g/mol. The summed E-state index contributed by atoms with van der Waals surface area (Å²) >= 11 is 0. The Bertz CT molecular complexity index is 1270. The molecule has 2 aromatic carbocycles. The summed E-state index contributed by atoms with van der Waals surface area (Å²) in [6.45, 7) is 4.41. The van der Waals surface area contributed by atoms with Crippen molar-refractivity contribution in [1.82, 2.24) is 19.1 Å². The number of hydrogen-bond donors (Lipinski definition) is 0. The molecule has 0 unspecified atom stereocenters. The first-order valence-electron chi connectivity index (χ1n) is 11.6. The maximum absolute atomic E-state index is 13.4. The van der Waals surface area contributed by atoms with E-state index in [0.29, 0.717) is 38.2 Å². The number of hydrogen-bond acceptors (Lipinski definition) is 5. The van der Waals surface area contributed by atoms with E-state index in [9.17, 15) is 13.2 Å². The molecule has 1 amide bonds. The summed E-state index contributed by atoms with van der Waals surface area (Å²) in [5, 5.41) is 0. The van der Waals surface area contributed by atoms with Gasteiger partial charge in [0.15, 0.2) is 0 Å². The number of nitrogens with zero attached hydrogens (tertiary/aromatic N) is 4. The van der Waals surface area contributed by atoms with Crippen molar-refractivity contribution in [3.63, 3.8) is 0 Å². The zero-order valence-electron chi connectivity index (χ0n) is 19.0. The molecule has 3 heterocycles. The summed E-state index contributed by atoms with van der Waals surface area (Å²) in [7, 11) is -3.69. The van der Waals surface area contributed by atoms with Crippen LogP contribution in [0.2, 0.25) is 0 Å². The molecular formula is C26H28N4O3S. The number of amides is 1. The zero-order chi connectivity index (χ0) is 23.5. The lowest BCUT2D eigenvalue weighted by Gasteiger charge is -2.35. The summed E-state index contributed by atoms with van der Waals surface area (Å²) in [6, 6.07) is 18.4. The molecule has 0 spiro atoms. The fourth-order valence-corrected chi connectivity index (χ4v) is 6.12. The van der Waals surface area contributed by atoms with Crippen molar-refractivity contribution in [2.24, 2.45) is 0 Å². The minimum absolute atomic E-state index is 0.121. The lowest BCUT2D eigenvalue weighted by Crippen LogP contribution is -2.48. The van der Waals surface area contributed by atoms with Gasteiger partial charge in [-0.15, -0.1) is 0 Å². The number of piperazine rings is 1. The minimum Gasteiger partial charge on any atom is -0.336 e. The lowest BCUT2D eigenvalue weighted by atomic mass is 10.0. The average molecular weight is 477 g/mol. The van der Waals surface area contributed by atoms with Crippen molar-refractivity contribution in [1.29, 1.82) is 0 Å². The standard InChI is InChI=1S/C26H28N4O3S/c31-26(29-16-14-28(15-17-29)19-21-8-11-27-12-9-21)23-6-3-7-25(18-23)34(32,33)30-13-10-22-4-1-2-5-24(22)20-30/h1-9,11-12,18H,10,13-17,19-20H2. The van der Waals surface area contributed by atoms with E-state index >= 15 is 0 Å². The topological polar surface area (TPSA) is 73.8 Å². The number of carbonyl (C=O) groups excluding carboxylic acids is 1.